The lowest BCUT2D eigenvalue weighted by atomic mass is 10.2. The summed E-state index contributed by atoms with van der Waals surface area (Å²) in [6.07, 6.45) is 4.13. The molecule has 0 spiro atoms. The maximum absolute atomic E-state index is 3.11. The van der Waals surface area contributed by atoms with Gasteiger partial charge in [0, 0.05) is 25.1 Å². The van der Waals surface area contributed by atoms with Crippen molar-refractivity contribution in [1.29, 1.82) is 0 Å². The van der Waals surface area contributed by atoms with Crippen molar-refractivity contribution in [1.82, 2.24) is 4.57 Å². The van der Waals surface area contributed by atoms with E-state index in [9.17, 15) is 0 Å². The molecule has 0 saturated heterocycles. The maximum atomic E-state index is 3.11. The summed E-state index contributed by atoms with van der Waals surface area (Å²) in [5.41, 5.74) is 3.61. The van der Waals surface area contributed by atoms with E-state index in [4.69, 9.17) is 0 Å². The van der Waals surface area contributed by atoms with Gasteiger partial charge in [-0.15, -0.1) is 0 Å². The molecule has 0 aliphatic heterocycles. The molecule has 0 amide bonds. The average Bonchev–Trinajstić information content (AvgIpc) is 2.66. The van der Waals surface area contributed by atoms with Gasteiger partial charge in [-0.25, -0.2) is 0 Å². The van der Waals surface area contributed by atoms with E-state index in [2.05, 4.69) is 59.5 Å². The number of anilines is 1. The van der Waals surface area contributed by atoms with Crippen molar-refractivity contribution in [3.8, 4) is 5.69 Å². The van der Waals surface area contributed by atoms with Crippen LogP contribution < -0.4 is 5.32 Å². The van der Waals surface area contributed by atoms with Gasteiger partial charge in [0.05, 0.1) is 5.69 Å². The third-order valence-electron chi connectivity index (χ3n) is 2.28. The Bertz CT molecular complexity index is 429. The molecule has 0 aliphatic carbocycles. The minimum Gasteiger partial charge on any atom is -0.387 e. The molecule has 0 bridgehead atoms. The van der Waals surface area contributed by atoms with Crippen LogP contribution in [0.3, 0.4) is 0 Å². The molecule has 1 N–H and O–H groups in total. The molecule has 72 valence electrons. The maximum Gasteiger partial charge on any atom is 0.0521 e. The predicted octanol–water partition coefficient (Wildman–Crippen LogP) is 2.83. The van der Waals surface area contributed by atoms with Crippen LogP contribution in [0.25, 0.3) is 5.69 Å². The molecule has 0 radical (unpaired) electrons. The highest BCUT2D eigenvalue weighted by atomic mass is 15.0. The van der Waals surface area contributed by atoms with Gasteiger partial charge in [-0.05, 0) is 30.7 Å². The van der Waals surface area contributed by atoms with Gasteiger partial charge in [0.2, 0.25) is 0 Å². The first-order valence-corrected chi connectivity index (χ1v) is 4.72. The Balaban J connectivity index is 2.39. The molecule has 1 aromatic heterocycles. The number of benzene rings is 1. The smallest absolute Gasteiger partial charge is 0.0521 e. The van der Waals surface area contributed by atoms with Crippen LogP contribution in [0.5, 0.6) is 0 Å². The highest BCUT2D eigenvalue weighted by Gasteiger charge is 1.97. The Kier molecular flexibility index (Phi) is 2.27. The lowest BCUT2D eigenvalue weighted by Gasteiger charge is -2.03. The van der Waals surface area contributed by atoms with Crippen molar-refractivity contribution in [2.45, 2.75) is 6.92 Å². The van der Waals surface area contributed by atoms with E-state index in [1.54, 1.807) is 0 Å². The zero-order valence-corrected chi connectivity index (χ0v) is 8.49. The van der Waals surface area contributed by atoms with Crippen LogP contribution >= 0.6 is 0 Å². The van der Waals surface area contributed by atoms with Crippen LogP contribution in [0.1, 0.15) is 5.56 Å². The zero-order valence-electron chi connectivity index (χ0n) is 8.49. The standard InChI is InChI=1S/C12H14N2/c1-10-4-3-5-12(8-10)14-7-6-11(9-14)13-2/h3-9,13H,1-2H3. The summed E-state index contributed by atoms with van der Waals surface area (Å²) in [5, 5.41) is 3.11. The van der Waals surface area contributed by atoms with Gasteiger partial charge in [0.25, 0.3) is 0 Å². The molecular formula is C12H14N2. The number of hydrogen-bond donors (Lipinski definition) is 1. The highest BCUT2D eigenvalue weighted by molar-refractivity contribution is 5.45. The molecule has 2 nitrogen and oxygen atoms in total. The molecule has 0 saturated carbocycles. The number of aromatic nitrogens is 1. The molecule has 0 atom stereocenters. The number of aryl methyl sites for hydroxylation is 1. The molecule has 1 aromatic carbocycles. The minimum absolute atomic E-state index is 1.13. The Morgan fingerprint density at radius 1 is 1.21 bits per heavy atom. The lowest BCUT2D eigenvalue weighted by Crippen LogP contribution is -1.90. The van der Waals surface area contributed by atoms with Crippen LogP contribution in [0.2, 0.25) is 0 Å². The summed E-state index contributed by atoms with van der Waals surface area (Å²) < 4.78 is 2.11. The minimum atomic E-state index is 1.13. The molecule has 0 unspecified atom stereocenters. The first-order valence-electron chi connectivity index (χ1n) is 4.72. The number of rotatable bonds is 2. The SMILES string of the molecule is CNc1ccn(-c2cccc(C)c2)c1. The fourth-order valence-corrected chi connectivity index (χ4v) is 1.49. The van der Waals surface area contributed by atoms with Crippen LogP contribution in [0.15, 0.2) is 42.7 Å². The van der Waals surface area contributed by atoms with Gasteiger partial charge < -0.3 is 9.88 Å². The Morgan fingerprint density at radius 2 is 2.07 bits per heavy atom. The molecule has 14 heavy (non-hydrogen) atoms. The summed E-state index contributed by atoms with van der Waals surface area (Å²) in [5.74, 6) is 0. The monoisotopic (exact) mass is 186 g/mol. The zero-order chi connectivity index (χ0) is 9.97. The van der Waals surface area contributed by atoms with Crippen molar-refractivity contribution in [3.05, 3.63) is 48.3 Å². The van der Waals surface area contributed by atoms with E-state index in [1.807, 2.05) is 7.05 Å². The Labute approximate surface area is 84.2 Å². The molecule has 0 aliphatic rings. The van der Waals surface area contributed by atoms with E-state index in [1.165, 1.54) is 11.3 Å². The largest absolute Gasteiger partial charge is 0.387 e. The van der Waals surface area contributed by atoms with Crippen molar-refractivity contribution < 1.29 is 0 Å². The lowest BCUT2D eigenvalue weighted by molar-refractivity contribution is 1.08. The van der Waals surface area contributed by atoms with Crippen molar-refractivity contribution in [3.63, 3.8) is 0 Å². The van der Waals surface area contributed by atoms with Gasteiger partial charge in [-0.1, -0.05) is 12.1 Å². The first-order chi connectivity index (χ1) is 6.79. The van der Waals surface area contributed by atoms with E-state index < -0.39 is 0 Å². The second kappa shape index (κ2) is 3.58. The summed E-state index contributed by atoms with van der Waals surface area (Å²) >= 11 is 0. The van der Waals surface area contributed by atoms with Gasteiger partial charge >= 0.3 is 0 Å². The molecular weight excluding hydrogens is 172 g/mol. The Hall–Kier alpha value is -1.70. The quantitative estimate of drug-likeness (QED) is 0.763. The molecule has 1 heterocycles. The van der Waals surface area contributed by atoms with Gasteiger partial charge in [0.15, 0.2) is 0 Å². The van der Waals surface area contributed by atoms with E-state index in [0.29, 0.717) is 0 Å². The topological polar surface area (TPSA) is 17.0 Å². The van der Waals surface area contributed by atoms with Gasteiger partial charge in [-0.2, -0.15) is 0 Å². The van der Waals surface area contributed by atoms with Crippen LogP contribution in [0, 0.1) is 6.92 Å². The van der Waals surface area contributed by atoms with Gasteiger partial charge in [0.1, 0.15) is 0 Å². The summed E-state index contributed by atoms with van der Waals surface area (Å²) in [6, 6.07) is 10.5. The number of hydrogen-bond acceptors (Lipinski definition) is 1. The highest BCUT2D eigenvalue weighted by Crippen LogP contribution is 2.14. The number of nitrogens with one attached hydrogen (secondary N) is 1. The van der Waals surface area contributed by atoms with Crippen LogP contribution in [0.4, 0.5) is 5.69 Å². The summed E-state index contributed by atoms with van der Waals surface area (Å²) in [7, 11) is 1.93. The van der Waals surface area contributed by atoms with Crippen molar-refractivity contribution in [2.24, 2.45) is 0 Å². The van der Waals surface area contributed by atoms with Crippen molar-refractivity contribution >= 4 is 5.69 Å². The molecule has 0 fully saturated rings. The number of nitrogens with zero attached hydrogens (tertiary/aromatic N) is 1. The summed E-state index contributed by atoms with van der Waals surface area (Å²) in [6.45, 7) is 2.10. The van der Waals surface area contributed by atoms with Crippen LogP contribution in [-0.2, 0) is 0 Å². The average molecular weight is 186 g/mol. The summed E-state index contributed by atoms with van der Waals surface area (Å²) in [4.78, 5) is 0. The van der Waals surface area contributed by atoms with E-state index >= 15 is 0 Å². The van der Waals surface area contributed by atoms with E-state index in [-0.39, 0.29) is 0 Å². The molecule has 2 heteroatoms. The third kappa shape index (κ3) is 1.64. The molecule has 2 rings (SSSR count). The normalized spacial score (nSPS) is 10.1. The molecule has 2 aromatic rings. The Morgan fingerprint density at radius 3 is 2.71 bits per heavy atom. The second-order valence-electron chi connectivity index (χ2n) is 3.40. The van der Waals surface area contributed by atoms with E-state index in [0.717, 1.165) is 5.69 Å². The van der Waals surface area contributed by atoms with Crippen LogP contribution in [-0.4, -0.2) is 11.6 Å². The second-order valence-corrected chi connectivity index (χ2v) is 3.40. The predicted molar refractivity (Wildman–Crippen MR) is 60.1 cm³/mol. The fourth-order valence-electron chi connectivity index (χ4n) is 1.49. The fraction of sp³-hybridized carbons (Fsp3) is 0.167. The first kappa shape index (κ1) is 8.88. The van der Waals surface area contributed by atoms with Gasteiger partial charge in [-0.3, -0.25) is 0 Å². The third-order valence-corrected chi connectivity index (χ3v) is 2.28. The van der Waals surface area contributed by atoms with Crippen molar-refractivity contribution in [2.75, 3.05) is 12.4 Å².